The molecular weight excluding hydrogens is 775 g/mol. The third kappa shape index (κ3) is 49.8. The highest BCUT2D eigenvalue weighted by Crippen LogP contribution is 2.17. The molecule has 0 aromatic rings. The number of amides is 1. The van der Waals surface area contributed by atoms with Gasteiger partial charge in [-0.15, -0.1) is 0 Å². The fourth-order valence-electron chi connectivity index (χ4n) is 8.82. The summed E-state index contributed by atoms with van der Waals surface area (Å²) in [6.07, 6.45) is 69.1. The Morgan fingerprint density at radius 3 is 1.02 bits per heavy atom. The van der Waals surface area contributed by atoms with Gasteiger partial charge in [-0.05, 0) is 57.8 Å². The number of aliphatic hydroxyl groups is 3. The second-order valence-corrected chi connectivity index (χ2v) is 19.5. The third-order valence-electron chi connectivity index (χ3n) is 13.1. The van der Waals surface area contributed by atoms with Crippen LogP contribution in [0.15, 0.2) is 36.5 Å². The first-order valence-corrected chi connectivity index (χ1v) is 28.3. The average Bonchev–Trinajstić information content (AvgIpc) is 3.28. The van der Waals surface area contributed by atoms with Crippen LogP contribution in [0.4, 0.5) is 0 Å². The molecule has 0 rings (SSSR count). The van der Waals surface area contributed by atoms with Crippen molar-refractivity contribution < 1.29 is 20.1 Å². The standard InChI is InChI=1S/C58H111NO4/c1-3-5-7-9-11-13-15-17-19-21-23-25-26-27-28-29-30-31-32-33-35-37-39-41-43-45-47-49-51-55(61)53-58(63)59-56(54-60)57(62)52-50-48-46-44-42-40-38-36-34-24-22-20-18-16-14-12-10-8-6-4-2/h27-28,42,44,50,52,55-57,60-62H,3-26,29-41,43,45-49,51,53-54H2,1-2H3,(H,59,63)/b28-27-,44-42+,52-50+. The number of carbonyl (C=O) groups is 1. The second kappa shape index (κ2) is 53.2. The van der Waals surface area contributed by atoms with Gasteiger partial charge in [-0.25, -0.2) is 0 Å². The van der Waals surface area contributed by atoms with Gasteiger partial charge < -0.3 is 20.6 Å². The van der Waals surface area contributed by atoms with Crippen molar-refractivity contribution in [3.63, 3.8) is 0 Å². The van der Waals surface area contributed by atoms with E-state index in [1.165, 1.54) is 244 Å². The molecule has 0 spiro atoms. The minimum atomic E-state index is -0.952. The van der Waals surface area contributed by atoms with Crippen molar-refractivity contribution in [3.8, 4) is 0 Å². The molecule has 0 saturated carbocycles. The molecule has 1 amide bonds. The van der Waals surface area contributed by atoms with E-state index >= 15 is 0 Å². The Morgan fingerprint density at radius 2 is 0.683 bits per heavy atom. The van der Waals surface area contributed by atoms with Gasteiger partial charge in [0.1, 0.15) is 0 Å². The van der Waals surface area contributed by atoms with Gasteiger partial charge in [0.25, 0.3) is 0 Å². The van der Waals surface area contributed by atoms with Gasteiger partial charge in [0.2, 0.25) is 5.91 Å². The largest absolute Gasteiger partial charge is 0.394 e. The van der Waals surface area contributed by atoms with Crippen molar-refractivity contribution in [1.82, 2.24) is 5.32 Å². The Bertz CT molecular complexity index is 978. The van der Waals surface area contributed by atoms with Gasteiger partial charge in [-0.3, -0.25) is 4.79 Å². The highest BCUT2D eigenvalue weighted by Gasteiger charge is 2.20. The maximum absolute atomic E-state index is 12.5. The summed E-state index contributed by atoms with van der Waals surface area (Å²) in [5.41, 5.74) is 0. The van der Waals surface area contributed by atoms with Crippen molar-refractivity contribution in [3.05, 3.63) is 36.5 Å². The second-order valence-electron chi connectivity index (χ2n) is 19.5. The lowest BCUT2D eigenvalue weighted by molar-refractivity contribution is -0.124. The highest BCUT2D eigenvalue weighted by molar-refractivity contribution is 5.76. The Morgan fingerprint density at radius 1 is 0.397 bits per heavy atom. The van der Waals surface area contributed by atoms with Gasteiger partial charge in [0.15, 0.2) is 0 Å². The number of unbranched alkanes of at least 4 members (excludes halogenated alkanes) is 39. The molecule has 0 radical (unpaired) electrons. The van der Waals surface area contributed by atoms with Crippen LogP contribution in [0.1, 0.15) is 303 Å². The summed E-state index contributed by atoms with van der Waals surface area (Å²) in [7, 11) is 0. The van der Waals surface area contributed by atoms with E-state index < -0.39 is 18.2 Å². The summed E-state index contributed by atoms with van der Waals surface area (Å²) >= 11 is 0. The Balaban J connectivity index is 3.58. The zero-order valence-corrected chi connectivity index (χ0v) is 42.5. The van der Waals surface area contributed by atoms with Crippen LogP contribution in [0.5, 0.6) is 0 Å². The molecule has 0 heterocycles. The lowest BCUT2D eigenvalue weighted by atomic mass is 10.0. The van der Waals surface area contributed by atoms with Crippen LogP contribution in [0.3, 0.4) is 0 Å². The molecule has 0 fully saturated rings. The van der Waals surface area contributed by atoms with Gasteiger partial charge in [-0.2, -0.15) is 0 Å². The summed E-state index contributed by atoms with van der Waals surface area (Å²) in [5, 5.41) is 33.4. The van der Waals surface area contributed by atoms with Crippen LogP contribution in [0.2, 0.25) is 0 Å². The van der Waals surface area contributed by atoms with Gasteiger partial charge >= 0.3 is 0 Å². The Labute approximate surface area is 394 Å². The number of hydrogen-bond acceptors (Lipinski definition) is 4. The van der Waals surface area contributed by atoms with Crippen molar-refractivity contribution in [2.24, 2.45) is 0 Å². The maximum atomic E-state index is 12.5. The van der Waals surface area contributed by atoms with Crippen LogP contribution >= 0.6 is 0 Å². The molecule has 0 bridgehead atoms. The minimum absolute atomic E-state index is 0.00719. The first-order valence-electron chi connectivity index (χ1n) is 28.3. The molecule has 4 N–H and O–H groups in total. The van der Waals surface area contributed by atoms with E-state index in [4.69, 9.17) is 0 Å². The van der Waals surface area contributed by atoms with Gasteiger partial charge in [-0.1, -0.05) is 275 Å². The van der Waals surface area contributed by atoms with E-state index in [0.29, 0.717) is 6.42 Å². The quantitative estimate of drug-likeness (QED) is 0.0362. The number of allylic oxidation sites excluding steroid dienone is 5. The van der Waals surface area contributed by atoms with Gasteiger partial charge in [0.05, 0.1) is 31.3 Å². The molecule has 0 aromatic carbocycles. The third-order valence-corrected chi connectivity index (χ3v) is 13.1. The minimum Gasteiger partial charge on any atom is -0.394 e. The fraction of sp³-hybridized carbons (Fsp3) is 0.879. The van der Waals surface area contributed by atoms with Crippen molar-refractivity contribution >= 4 is 5.91 Å². The normalized spacial score (nSPS) is 13.5. The monoisotopic (exact) mass is 886 g/mol. The molecule has 3 atom stereocenters. The number of carbonyl (C=O) groups excluding carboxylic acids is 1. The zero-order chi connectivity index (χ0) is 45.8. The summed E-state index contributed by atoms with van der Waals surface area (Å²) in [6, 6.07) is -0.761. The van der Waals surface area contributed by atoms with E-state index in [9.17, 15) is 20.1 Å². The molecule has 0 aliphatic heterocycles. The van der Waals surface area contributed by atoms with Crippen molar-refractivity contribution in [2.45, 2.75) is 321 Å². The first-order chi connectivity index (χ1) is 31.0. The molecular formula is C58H111NO4. The van der Waals surface area contributed by atoms with Gasteiger partial charge in [0, 0.05) is 0 Å². The molecule has 5 nitrogen and oxygen atoms in total. The summed E-state index contributed by atoms with van der Waals surface area (Å²) in [6.45, 7) is 4.23. The molecule has 63 heavy (non-hydrogen) atoms. The van der Waals surface area contributed by atoms with E-state index in [0.717, 1.165) is 32.1 Å². The lowest BCUT2D eigenvalue weighted by Gasteiger charge is -2.21. The first kappa shape index (κ1) is 61.6. The maximum Gasteiger partial charge on any atom is 0.222 e. The number of aliphatic hydroxyl groups excluding tert-OH is 3. The van der Waals surface area contributed by atoms with Crippen LogP contribution in [-0.2, 0) is 4.79 Å². The van der Waals surface area contributed by atoms with E-state index in [2.05, 4.69) is 43.5 Å². The summed E-state index contributed by atoms with van der Waals surface area (Å²) in [4.78, 5) is 12.5. The molecule has 3 unspecified atom stereocenters. The Kier molecular flexibility index (Phi) is 52.0. The predicted octanol–water partition coefficient (Wildman–Crippen LogP) is 17.4. The molecule has 0 saturated heterocycles. The highest BCUT2D eigenvalue weighted by atomic mass is 16.3. The number of hydrogen-bond donors (Lipinski definition) is 4. The van der Waals surface area contributed by atoms with E-state index in [1.807, 2.05) is 6.08 Å². The molecule has 372 valence electrons. The van der Waals surface area contributed by atoms with Crippen LogP contribution in [0, 0.1) is 0 Å². The molecule has 0 aliphatic carbocycles. The molecule has 0 aromatic heterocycles. The van der Waals surface area contributed by atoms with E-state index in [1.54, 1.807) is 6.08 Å². The number of nitrogens with one attached hydrogen (secondary N) is 1. The summed E-state index contributed by atoms with van der Waals surface area (Å²) in [5.74, 6) is -0.322. The fourth-order valence-corrected chi connectivity index (χ4v) is 8.82. The van der Waals surface area contributed by atoms with E-state index in [-0.39, 0.29) is 18.9 Å². The lowest BCUT2D eigenvalue weighted by Crippen LogP contribution is -2.45. The Hall–Kier alpha value is -1.43. The number of rotatable bonds is 52. The molecule has 5 heteroatoms. The van der Waals surface area contributed by atoms with Crippen molar-refractivity contribution in [2.75, 3.05) is 6.61 Å². The van der Waals surface area contributed by atoms with Crippen molar-refractivity contribution in [1.29, 1.82) is 0 Å². The molecule has 0 aliphatic rings. The van der Waals surface area contributed by atoms with Crippen LogP contribution < -0.4 is 5.32 Å². The topological polar surface area (TPSA) is 89.8 Å². The average molecular weight is 887 g/mol. The van der Waals surface area contributed by atoms with Crippen LogP contribution in [0.25, 0.3) is 0 Å². The summed E-state index contributed by atoms with van der Waals surface area (Å²) < 4.78 is 0. The van der Waals surface area contributed by atoms with Crippen LogP contribution in [-0.4, -0.2) is 46.1 Å². The predicted molar refractivity (Wildman–Crippen MR) is 278 cm³/mol. The smallest absolute Gasteiger partial charge is 0.222 e. The zero-order valence-electron chi connectivity index (χ0n) is 42.5. The SMILES string of the molecule is CCCCCCCCCCCCCC/C=C\CCCCCCCCCCCCCCC(O)CC(=O)NC(CO)C(O)/C=C/CC/C=C/CCCCCCCCCCCCCCCC.